The van der Waals surface area contributed by atoms with Crippen LogP contribution < -0.4 is 10.1 Å². The number of urea groups is 1. The SMILES string of the molecule is Cc1ccccc1OCCN1C(=O)N[C@](C)(c2ccccn2)C1=O. The number of ether oxygens (including phenoxy) is 1. The second-order valence-electron chi connectivity index (χ2n) is 5.84. The number of carbonyl (C=O) groups excluding carboxylic acids is 2. The van der Waals surface area contributed by atoms with Crippen molar-refractivity contribution in [2.75, 3.05) is 13.2 Å². The van der Waals surface area contributed by atoms with Crippen molar-refractivity contribution in [2.45, 2.75) is 19.4 Å². The van der Waals surface area contributed by atoms with Gasteiger partial charge in [0, 0.05) is 6.20 Å². The molecule has 1 aliphatic rings. The molecule has 0 saturated carbocycles. The number of aromatic nitrogens is 1. The minimum atomic E-state index is -1.14. The van der Waals surface area contributed by atoms with Gasteiger partial charge < -0.3 is 10.1 Å². The first-order valence-electron chi connectivity index (χ1n) is 7.76. The largest absolute Gasteiger partial charge is 0.491 e. The van der Waals surface area contributed by atoms with E-state index in [-0.39, 0.29) is 19.1 Å². The van der Waals surface area contributed by atoms with E-state index in [9.17, 15) is 9.59 Å². The molecule has 0 radical (unpaired) electrons. The summed E-state index contributed by atoms with van der Waals surface area (Å²) in [5, 5.41) is 2.73. The van der Waals surface area contributed by atoms with Gasteiger partial charge in [-0.3, -0.25) is 14.7 Å². The molecule has 6 heteroatoms. The Morgan fingerprint density at radius 3 is 2.62 bits per heavy atom. The topological polar surface area (TPSA) is 71.5 Å². The van der Waals surface area contributed by atoms with Crippen molar-refractivity contribution in [3.63, 3.8) is 0 Å². The number of hydrogen-bond acceptors (Lipinski definition) is 4. The van der Waals surface area contributed by atoms with Crippen LogP contribution in [0.2, 0.25) is 0 Å². The van der Waals surface area contributed by atoms with Crippen molar-refractivity contribution >= 4 is 11.9 Å². The minimum absolute atomic E-state index is 0.182. The highest BCUT2D eigenvalue weighted by Gasteiger charge is 2.49. The molecule has 3 rings (SSSR count). The van der Waals surface area contributed by atoms with Crippen molar-refractivity contribution in [2.24, 2.45) is 0 Å². The average Bonchev–Trinajstić information content (AvgIpc) is 2.81. The molecule has 0 spiro atoms. The number of carbonyl (C=O) groups is 2. The van der Waals surface area contributed by atoms with Crippen molar-refractivity contribution in [3.05, 3.63) is 59.9 Å². The highest BCUT2D eigenvalue weighted by atomic mass is 16.5. The lowest BCUT2D eigenvalue weighted by atomic mass is 9.97. The van der Waals surface area contributed by atoms with Gasteiger partial charge in [-0.2, -0.15) is 0 Å². The van der Waals surface area contributed by atoms with Gasteiger partial charge in [-0.1, -0.05) is 24.3 Å². The zero-order chi connectivity index (χ0) is 17.2. The van der Waals surface area contributed by atoms with Crippen LogP contribution >= 0.6 is 0 Å². The molecule has 1 saturated heterocycles. The molecule has 1 aromatic heterocycles. The lowest BCUT2D eigenvalue weighted by molar-refractivity contribution is -0.131. The minimum Gasteiger partial charge on any atom is -0.491 e. The van der Waals surface area contributed by atoms with Crippen molar-refractivity contribution in [1.29, 1.82) is 0 Å². The smallest absolute Gasteiger partial charge is 0.325 e. The number of para-hydroxylation sites is 1. The molecule has 24 heavy (non-hydrogen) atoms. The van der Waals surface area contributed by atoms with E-state index in [1.807, 2.05) is 31.2 Å². The van der Waals surface area contributed by atoms with Crippen LogP contribution in [0.25, 0.3) is 0 Å². The maximum atomic E-state index is 12.7. The second kappa shape index (κ2) is 6.31. The van der Waals surface area contributed by atoms with Gasteiger partial charge in [0.15, 0.2) is 5.54 Å². The van der Waals surface area contributed by atoms with Gasteiger partial charge in [0.2, 0.25) is 0 Å². The lowest BCUT2D eigenvalue weighted by Crippen LogP contribution is -2.42. The highest BCUT2D eigenvalue weighted by Crippen LogP contribution is 2.27. The monoisotopic (exact) mass is 325 g/mol. The molecule has 2 heterocycles. The Balaban J connectivity index is 1.68. The third-order valence-electron chi connectivity index (χ3n) is 4.12. The van der Waals surface area contributed by atoms with E-state index in [2.05, 4.69) is 10.3 Å². The average molecular weight is 325 g/mol. The number of pyridine rings is 1. The number of amides is 3. The van der Waals surface area contributed by atoms with Crippen LogP contribution in [0, 0.1) is 6.92 Å². The summed E-state index contributed by atoms with van der Waals surface area (Å²) in [6.07, 6.45) is 1.60. The summed E-state index contributed by atoms with van der Waals surface area (Å²) in [6.45, 7) is 4.03. The molecule has 0 aliphatic carbocycles. The van der Waals surface area contributed by atoms with Gasteiger partial charge in [-0.15, -0.1) is 0 Å². The van der Waals surface area contributed by atoms with E-state index < -0.39 is 11.6 Å². The standard InChI is InChI=1S/C18H19N3O3/c1-13-7-3-4-8-14(13)24-12-11-21-16(22)18(2,20-17(21)23)15-9-5-6-10-19-15/h3-10H,11-12H2,1-2H3,(H,20,23)/t18-/m1/s1. The Morgan fingerprint density at radius 2 is 1.92 bits per heavy atom. The van der Waals surface area contributed by atoms with Gasteiger partial charge in [0.1, 0.15) is 12.4 Å². The van der Waals surface area contributed by atoms with Gasteiger partial charge in [0.05, 0.1) is 12.2 Å². The third kappa shape index (κ3) is 2.82. The zero-order valence-electron chi connectivity index (χ0n) is 13.7. The molecule has 1 N–H and O–H groups in total. The van der Waals surface area contributed by atoms with Gasteiger partial charge in [-0.05, 0) is 37.6 Å². The first kappa shape index (κ1) is 16.0. The van der Waals surface area contributed by atoms with Crippen LogP contribution in [0.5, 0.6) is 5.75 Å². The van der Waals surface area contributed by atoms with Crippen LogP contribution in [0.15, 0.2) is 48.7 Å². The summed E-state index contributed by atoms with van der Waals surface area (Å²) < 4.78 is 5.68. The van der Waals surface area contributed by atoms with E-state index in [1.165, 1.54) is 4.90 Å². The molecule has 2 aromatic rings. The molecule has 1 aromatic carbocycles. The van der Waals surface area contributed by atoms with Crippen molar-refractivity contribution in [1.82, 2.24) is 15.2 Å². The summed E-state index contributed by atoms with van der Waals surface area (Å²) in [5.41, 5.74) is 0.389. The van der Waals surface area contributed by atoms with Gasteiger partial charge in [0.25, 0.3) is 5.91 Å². The van der Waals surface area contributed by atoms with Gasteiger partial charge in [-0.25, -0.2) is 4.79 Å². The molecule has 1 atom stereocenters. The van der Waals surface area contributed by atoms with Gasteiger partial charge >= 0.3 is 6.03 Å². The van der Waals surface area contributed by atoms with E-state index in [1.54, 1.807) is 31.3 Å². The molecule has 124 valence electrons. The summed E-state index contributed by atoms with van der Waals surface area (Å²) in [6, 6.07) is 12.5. The number of imide groups is 1. The first-order valence-corrected chi connectivity index (χ1v) is 7.76. The molecule has 1 fully saturated rings. The summed E-state index contributed by atoms with van der Waals surface area (Å²) >= 11 is 0. The quantitative estimate of drug-likeness (QED) is 0.856. The number of aryl methyl sites for hydroxylation is 1. The first-order chi connectivity index (χ1) is 11.5. The number of nitrogens with one attached hydrogen (secondary N) is 1. The van der Waals surface area contributed by atoms with E-state index >= 15 is 0 Å². The maximum Gasteiger partial charge on any atom is 0.325 e. The number of hydrogen-bond donors (Lipinski definition) is 1. The number of rotatable bonds is 5. The highest BCUT2D eigenvalue weighted by molar-refractivity contribution is 6.06. The fraction of sp³-hybridized carbons (Fsp3) is 0.278. The molecule has 0 bridgehead atoms. The summed E-state index contributed by atoms with van der Waals surface area (Å²) in [4.78, 5) is 30.3. The fourth-order valence-corrected chi connectivity index (χ4v) is 2.70. The predicted octanol–water partition coefficient (Wildman–Crippen LogP) is 2.24. The molecular weight excluding hydrogens is 306 g/mol. The van der Waals surface area contributed by atoms with Crippen molar-refractivity contribution in [3.8, 4) is 5.75 Å². The Labute approximate surface area is 140 Å². The molecular formula is C18H19N3O3. The van der Waals surface area contributed by atoms with E-state index in [4.69, 9.17) is 4.74 Å². The van der Waals surface area contributed by atoms with E-state index in [0.717, 1.165) is 11.3 Å². The van der Waals surface area contributed by atoms with Crippen LogP contribution in [-0.2, 0) is 10.3 Å². The predicted molar refractivity (Wildman–Crippen MR) is 88.5 cm³/mol. The Hall–Kier alpha value is -2.89. The summed E-state index contributed by atoms with van der Waals surface area (Å²) in [5.74, 6) is 0.427. The van der Waals surface area contributed by atoms with Crippen LogP contribution in [0.3, 0.4) is 0 Å². The Kier molecular flexibility index (Phi) is 4.20. The molecule has 1 aliphatic heterocycles. The lowest BCUT2D eigenvalue weighted by Gasteiger charge is -2.21. The van der Waals surface area contributed by atoms with Crippen LogP contribution in [0.4, 0.5) is 4.79 Å². The maximum absolute atomic E-state index is 12.7. The van der Waals surface area contributed by atoms with Crippen LogP contribution in [-0.4, -0.2) is 35.0 Å². The number of nitrogens with zero attached hydrogens (tertiary/aromatic N) is 2. The van der Waals surface area contributed by atoms with E-state index in [0.29, 0.717) is 5.69 Å². The molecule has 6 nitrogen and oxygen atoms in total. The zero-order valence-corrected chi connectivity index (χ0v) is 13.7. The number of benzene rings is 1. The normalized spacial score (nSPS) is 20.2. The Bertz CT molecular complexity index is 763. The van der Waals surface area contributed by atoms with Crippen molar-refractivity contribution < 1.29 is 14.3 Å². The Morgan fingerprint density at radius 1 is 1.17 bits per heavy atom. The second-order valence-corrected chi connectivity index (χ2v) is 5.84. The molecule has 0 unspecified atom stereocenters. The fourth-order valence-electron chi connectivity index (χ4n) is 2.70. The molecule has 3 amide bonds. The third-order valence-corrected chi connectivity index (χ3v) is 4.12. The van der Waals surface area contributed by atoms with Crippen LogP contribution in [0.1, 0.15) is 18.2 Å². The summed E-state index contributed by atoms with van der Waals surface area (Å²) in [7, 11) is 0.